The van der Waals surface area contributed by atoms with E-state index in [-0.39, 0.29) is 11.5 Å². The summed E-state index contributed by atoms with van der Waals surface area (Å²) in [7, 11) is 0. The van der Waals surface area contributed by atoms with E-state index in [1.54, 1.807) is 0 Å². The molecule has 2 heterocycles. The van der Waals surface area contributed by atoms with E-state index in [9.17, 15) is 0 Å². The van der Waals surface area contributed by atoms with Gasteiger partial charge in [-0.25, -0.2) is 0 Å². The second-order valence-electron chi connectivity index (χ2n) is 6.62. The molecule has 0 radical (unpaired) electrons. The van der Waals surface area contributed by atoms with Crippen LogP contribution in [0, 0.1) is 0 Å². The van der Waals surface area contributed by atoms with Gasteiger partial charge in [-0.05, 0) is 23.3 Å². The number of rotatable bonds is 1. The van der Waals surface area contributed by atoms with E-state index in [1.165, 1.54) is 11.1 Å². The summed E-state index contributed by atoms with van der Waals surface area (Å²) in [6, 6.07) is 19.0. The quantitative estimate of drug-likeness (QED) is 0.651. The van der Waals surface area contributed by atoms with Crippen molar-refractivity contribution in [3.63, 3.8) is 0 Å². The Bertz CT molecular complexity index is 838. The van der Waals surface area contributed by atoms with Gasteiger partial charge in [0.25, 0.3) is 0 Å². The summed E-state index contributed by atoms with van der Waals surface area (Å²) in [5, 5.41) is 1.16. The number of hydrogen-bond acceptors (Lipinski definition) is 2. The molecule has 1 atom stereocenters. The van der Waals surface area contributed by atoms with E-state index in [0.29, 0.717) is 0 Å². The first kappa shape index (κ1) is 13.5. The van der Waals surface area contributed by atoms with Crippen molar-refractivity contribution in [2.75, 3.05) is 6.61 Å². The highest BCUT2D eigenvalue weighted by Gasteiger charge is 2.33. The lowest BCUT2D eigenvalue weighted by Gasteiger charge is -2.37. The number of pyridine rings is 1. The zero-order valence-corrected chi connectivity index (χ0v) is 12.9. The molecule has 3 aromatic rings. The molecule has 1 aliphatic heterocycles. The molecule has 0 bridgehead atoms. The van der Waals surface area contributed by atoms with Crippen LogP contribution >= 0.6 is 0 Å². The van der Waals surface area contributed by atoms with Gasteiger partial charge in [0.2, 0.25) is 0 Å². The van der Waals surface area contributed by atoms with Crippen LogP contribution in [0.25, 0.3) is 10.9 Å². The van der Waals surface area contributed by atoms with Crippen LogP contribution in [-0.2, 0) is 10.2 Å². The lowest BCUT2D eigenvalue weighted by atomic mass is 9.78. The first-order valence-corrected chi connectivity index (χ1v) is 7.71. The molecule has 0 fully saturated rings. The molecule has 0 spiro atoms. The highest BCUT2D eigenvalue weighted by molar-refractivity contribution is 5.79. The molecule has 2 aromatic carbocycles. The highest BCUT2D eigenvalue weighted by atomic mass is 16.5. The molecule has 0 N–H and O–H groups in total. The second-order valence-corrected chi connectivity index (χ2v) is 6.62. The fourth-order valence-electron chi connectivity index (χ4n) is 3.31. The van der Waals surface area contributed by atoms with Gasteiger partial charge < -0.3 is 4.74 Å². The van der Waals surface area contributed by atoms with Crippen LogP contribution in [-0.4, -0.2) is 11.6 Å². The fourth-order valence-corrected chi connectivity index (χ4v) is 3.31. The van der Waals surface area contributed by atoms with Crippen molar-refractivity contribution in [2.24, 2.45) is 0 Å². The molecule has 110 valence electrons. The first-order chi connectivity index (χ1) is 10.6. The second kappa shape index (κ2) is 4.92. The van der Waals surface area contributed by atoms with Gasteiger partial charge in [0.1, 0.15) is 6.10 Å². The van der Waals surface area contributed by atoms with E-state index in [0.717, 1.165) is 23.1 Å². The fraction of sp³-hybridized carbons (Fsp3) is 0.250. The van der Waals surface area contributed by atoms with Crippen LogP contribution in [0.5, 0.6) is 0 Å². The van der Waals surface area contributed by atoms with Crippen molar-refractivity contribution < 1.29 is 4.74 Å². The van der Waals surface area contributed by atoms with E-state index < -0.39 is 0 Å². The summed E-state index contributed by atoms with van der Waals surface area (Å²) in [4.78, 5) is 4.59. The van der Waals surface area contributed by atoms with Crippen LogP contribution in [0.4, 0.5) is 0 Å². The van der Waals surface area contributed by atoms with Gasteiger partial charge in [0.15, 0.2) is 0 Å². The molecule has 0 saturated carbocycles. The average Bonchev–Trinajstić information content (AvgIpc) is 2.55. The van der Waals surface area contributed by atoms with E-state index in [1.807, 2.05) is 24.4 Å². The Balaban J connectivity index is 1.85. The highest BCUT2D eigenvalue weighted by Crippen LogP contribution is 2.40. The topological polar surface area (TPSA) is 22.1 Å². The number of nitrogens with zero attached hydrogens (tertiary/aromatic N) is 1. The van der Waals surface area contributed by atoms with Crippen LogP contribution in [0.1, 0.15) is 36.6 Å². The summed E-state index contributed by atoms with van der Waals surface area (Å²) in [5.74, 6) is 0. The number of hydrogen-bond donors (Lipinski definition) is 0. The Kier molecular flexibility index (Phi) is 3.02. The average molecular weight is 289 g/mol. The van der Waals surface area contributed by atoms with Gasteiger partial charge in [-0.2, -0.15) is 0 Å². The van der Waals surface area contributed by atoms with Crippen molar-refractivity contribution in [2.45, 2.75) is 25.4 Å². The van der Waals surface area contributed by atoms with Crippen molar-refractivity contribution >= 4 is 10.9 Å². The maximum atomic E-state index is 6.21. The predicted octanol–water partition coefficient (Wildman–Crippen LogP) is 4.63. The van der Waals surface area contributed by atoms with Crippen molar-refractivity contribution in [3.8, 4) is 0 Å². The third-order valence-electron chi connectivity index (χ3n) is 4.50. The molecule has 1 aliphatic rings. The SMILES string of the molecule is CC1(C)COC(c2cnc3ccccc3c2)c2ccccc21. The number of fused-ring (bicyclic) bond motifs is 2. The molecule has 1 aromatic heterocycles. The number of aromatic nitrogens is 1. The summed E-state index contributed by atoms with van der Waals surface area (Å²) in [6.45, 7) is 5.20. The van der Waals surface area contributed by atoms with E-state index >= 15 is 0 Å². The predicted molar refractivity (Wildman–Crippen MR) is 89.0 cm³/mol. The molecule has 22 heavy (non-hydrogen) atoms. The third kappa shape index (κ3) is 2.11. The number of benzene rings is 2. The Hall–Kier alpha value is -2.19. The summed E-state index contributed by atoms with van der Waals surface area (Å²) in [6.07, 6.45) is 1.92. The van der Waals surface area contributed by atoms with Gasteiger partial charge in [-0.1, -0.05) is 56.3 Å². The summed E-state index contributed by atoms with van der Waals surface area (Å²) >= 11 is 0. The summed E-state index contributed by atoms with van der Waals surface area (Å²) < 4.78 is 6.21. The van der Waals surface area contributed by atoms with Gasteiger partial charge in [-0.3, -0.25) is 4.98 Å². The molecule has 2 heteroatoms. The van der Waals surface area contributed by atoms with E-state index in [4.69, 9.17) is 4.74 Å². The van der Waals surface area contributed by atoms with Crippen LogP contribution in [0.15, 0.2) is 60.8 Å². The largest absolute Gasteiger partial charge is 0.368 e. The van der Waals surface area contributed by atoms with Crippen molar-refractivity contribution in [3.05, 3.63) is 77.5 Å². The normalized spacial score (nSPS) is 19.8. The van der Waals surface area contributed by atoms with Crippen LogP contribution in [0.2, 0.25) is 0 Å². The molecule has 2 nitrogen and oxygen atoms in total. The molecule has 0 saturated heterocycles. The number of ether oxygens (including phenoxy) is 1. The summed E-state index contributed by atoms with van der Waals surface area (Å²) in [5.41, 5.74) is 4.84. The Morgan fingerprint density at radius 1 is 1.05 bits per heavy atom. The minimum atomic E-state index is -0.0265. The molecular weight excluding hydrogens is 270 g/mol. The zero-order chi connectivity index (χ0) is 15.2. The number of para-hydroxylation sites is 1. The maximum Gasteiger partial charge on any atom is 0.109 e. The molecule has 1 unspecified atom stereocenters. The minimum absolute atomic E-state index is 0.0265. The lowest BCUT2D eigenvalue weighted by Crippen LogP contribution is -2.33. The first-order valence-electron chi connectivity index (χ1n) is 7.71. The monoisotopic (exact) mass is 289 g/mol. The maximum absolute atomic E-state index is 6.21. The Labute approximate surface area is 130 Å². The minimum Gasteiger partial charge on any atom is -0.368 e. The molecular formula is C20H19NO. The Morgan fingerprint density at radius 2 is 1.82 bits per heavy atom. The van der Waals surface area contributed by atoms with Crippen molar-refractivity contribution in [1.82, 2.24) is 4.98 Å². The van der Waals surface area contributed by atoms with Gasteiger partial charge in [0.05, 0.1) is 12.1 Å². The molecule has 0 aliphatic carbocycles. The smallest absolute Gasteiger partial charge is 0.109 e. The van der Waals surface area contributed by atoms with E-state index in [2.05, 4.69) is 55.2 Å². The standard InChI is InChI=1S/C20H19NO/c1-20(2)13-22-19(16-8-4-5-9-17(16)20)15-11-14-7-3-6-10-18(14)21-12-15/h3-12,19H,13H2,1-2H3. The van der Waals surface area contributed by atoms with Crippen LogP contribution in [0.3, 0.4) is 0 Å². The van der Waals surface area contributed by atoms with Gasteiger partial charge >= 0.3 is 0 Å². The Morgan fingerprint density at radius 3 is 2.73 bits per heavy atom. The third-order valence-corrected chi connectivity index (χ3v) is 4.50. The van der Waals surface area contributed by atoms with Crippen LogP contribution < -0.4 is 0 Å². The van der Waals surface area contributed by atoms with Gasteiger partial charge in [0, 0.05) is 22.6 Å². The van der Waals surface area contributed by atoms with Gasteiger partial charge in [-0.15, -0.1) is 0 Å². The molecule has 0 amide bonds. The zero-order valence-electron chi connectivity index (χ0n) is 12.9. The molecule has 4 rings (SSSR count). The van der Waals surface area contributed by atoms with Crippen molar-refractivity contribution in [1.29, 1.82) is 0 Å². The lowest BCUT2D eigenvalue weighted by molar-refractivity contribution is 0.0299.